The molecule has 0 saturated heterocycles. The fraction of sp³-hybridized carbons (Fsp3) is 0.286. The van der Waals surface area contributed by atoms with E-state index in [1.807, 2.05) is 0 Å². The van der Waals surface area contributed by atoms with Crippen molar-refractivity contribution in [2.45, 2.75) is 12.8 Å². The van der Waals surface area contributed by atoms with E-state index >= 15 is 0 Å². The van der Waals surface area contributed by atoms with E-state index in [1.165, 1.54) is 6.26 Å². The molecule has 1 aromatic carbocycles. The Kier molecular flexibility index (Phi) is 4.65. The standard InChI is InChI=1S/C14H16N2O5/c1-19-11-5-3-9(7-12(11)20-2)15-14-16-10(8-21-14)4-6-13(17)18/h3,5,7-8H,4,6H2,1-2H3,(H,15,16)(H,17,18). The molecule has 0 aliphatic rings. The molecule has 0 saturated carbocycles. The van der Waals surface area contributed by atoms with Crippen LogP contribution in [0.15, 0.2) is 28.9 Å². The lowest BCUT2D eigenvalue weighted by molar-refractivity contribution is -0.136. The lowest BCUT2D eigenvalue weighted by Crippen LogP contribution is -1.98. The van der Waals surface area contributed by atoms with E-state index in [4.69, 9.17) is 19.0 Å². The summed E-state index contributed by atoms with van der Waals surface area (Å²) in [6.45, 7) is 0. The van der Waals surface area contributed by atoms with Crippen molar-refractivity contribution in [2.24, 2.45) is 0 Å². The van der Waals surface area contributed by atoms with Crippen LogP contribution in [-0.2, 0) is 11.2 Å². The number of aliphatic carboxylic acids is 1. The van der Waals surface area contributed by atoms with E-state index < -0.39 is 5.97 Å². The lowest BCUT2D eigenvalue weighted by Gasteiger charge is -2.09. The fourth-order valence-corrected chi connectivity index (χ4v) is 1.75. The number of carbonyl (C=O) groups is 1. The number of nitrogens with one attached hydrogen (secondary N) is 1. The maximum atomic E-state index is 10.5. The maximum Gasteiger partial charge on any atom is 0.303 e. The summed E-state index contributed by atoms with van der Waals surface area (Å²) in [7, 11) is 3.12. The van der Waals surface area contributed by atoms with E-state index in [2.05, 4.69) is 10.3 Å². The Bertz CT molecular complexity index is 624. The van der Waals surface area contributed by atoms with Crippen molar-refractivity contribution in [2.75, 3.05) is 19.5 Å². The molecule has 0 aliphatic heterocycles. The Hall–Kier alpha value is -2.70. The summed E-state index contributed by atoms with van der Waals surface area (Å²) in [6.07, 6.45) is 1.78. The van der Waals surface area contributed by atoms with Gasteiger partial charge in [0.1, 0.15) is 6.26 Å². The van der Waals surface area contributed by atoms with E-state index in [1.54, 1.807) is 32.4 Å². The number of methoxy groups -OCH3 is 2. The van der Waals surface area contributed by atoms with Gasteiger partial charge in [-0.1, -0.05) is 0 Å². The zero-order valence-corrected chi connectivity index (χ0v) is 11.8. The monoisotopic (exact) mass is 292 g/mol. The number of oxazole rings is 1. The second-order valence-electron chi connectivity index (χ2n) is 4.23. The first-order chi connectivity index (χ1) is 10.1. The predicted molar refractivity (Wildman–Crippen MR) is 75.3 cm³/mol. The molecule has 21 heavy (non-hydrogen) atoms. The Labute approximate surface area is 121 Å². The fourth-order valence-electron chi connectivity index (χ4n) is 1.75. The van der Waals surface area contributed by atoms with Crippen LogP contribution in [0.5, 0.6) is 11.5 Å². The van der Waals surface area contributed by atoms with Crippen LogP contribution in [0.25, 0.3) is 0 Å². The van der Waals surface area contributed by atoms with Crippen molar-refractivity contribution in [1.82, 2.24) is 4.98 Å². The van der Waals surface area contributed by atoms with Crippen LogP contribution in [0.3, 0.4) is 0 Å². The third-order valence-electron chi connectivity index (χ3n) is 2.78. The topological polar surface area (TPSA) is 93.8 Å². The van der Waals surface area contributed by atoms with Crippen LogP contribution in [0.4, 0.5) is 11.7 Å². The van der Waals surface area contributed by atoms with E-state index in [9.17, 15) is 4.79 Å². The molecular formula is C14H16N2O5. The molecule has 0 unspecified atom stereocenters. The van der Waals surface area contributed by atoms with Gasteiger partial charge in [0, 0.05) is 18.2 Å². The number of anilines is 2. The number of hydrogen-bond donors (Lipinski definition) is 2. The Morgan fingerprint density at radius 2 is 2.10 bits per heavy atom. The van der Waals surface area contributed by atoms with Crippen molar-refractivity contribution < 1.29 is 23.8 Å². The summed E-state index contributed by atoms with van der Waals surface area (Å²) in [4.78, 5) is 14.7. The largest absolute Gasteiger partial charge is 0.493 e. The summed E-state index contributed by atoms with van der Waals surface area (Å²) in [5.74, 6) is 0.338. The highest BCUT2D eigenvalue weighted by Crippen LogP contribution is 2.30. The van der Waals surface area contributed by atoms with Gasteiger partial charge in [-0.2, -0.15) is 4.98 Å². The number of nitrogens with zero attached hydrogens (tertiary/aromatic N) is 1. The molecule has 0 amide bonds. The first-order valence-corrected chi connectivity index (χ1v) is 6.27. The van der Waals surface area contributed by atoms with Gasteiger partial charge in [-0.3, -0.25) is 4.79 Å². The van der Waals surface area contributed by atoms with Crippen LogP contribution in [0.1, 0.15) is 12.1 Å². The number of benzene rings is 1. The third kappa shape index (κ3) is 3.88. The van der Waals surface area contributed by atoms with Crippen molar-refractivity contribution >= 4 is 17.7 Å². The second kappa shape index (κ2) is 6.65. The normalized spacial score (nSPS) is 10.2. The molecule has 0 radical (unpaired) electrons. The molecule has 0 fully saturated rings. The van der Waals surface area contributed by atoms with Gasteiger partial charge in [0.05, 0.1) is 26.3 Å². The number of carboxylic acids is 1. The van der Waals surface area contributed by atoms with Crippen molar-refractivity contribution in [3.63, 3.8) is 0 Å². The van der Waals surface area contributed by atoms with Gasteiger partial charge in [0.25, 0.3) is 6.01 Å². The third-order valence-corrected chi connectivity index (χ3v) is 2.78. The number of hydrogen-bond acceptors (Lipinski definition) is 6. The molecule has 1 aromatic heterocycles. The molecule has 2 N–H and O–H groups in total. The summed E-state index contributed by atoms with van der Waals surface area (Å²) in [6, 6.07) is 5.60. The quantitative estimate of drug-likeness (QED) is 0.809. The van der Waals surface area contributed by atoms with Crippen molar-refractivity contribution in [1.29, 1.82) is 0 Å². The van der Waals surface area contributed by atoms with Gasteiger partial charge in [-0.15, -0.1) is 0 Å². The molecule has 0 bridgehead atoms. The summed E-state index contributed by atoms with van der Waals surface area (Å²) in [5.41, 5.74) is 1.31. The first kappa shape index (κ1) is 14.7. The highest BCUT2D eigenvalue weighted by Gasteiger charge is 2.09. The van der Waals surface area contributed by atoms with Crippen LogP contribution in [0, 0.1) is 0 Å². The van der Waals surface area contributed by atoms with Gasteiger partial charge >= 0.3 is 5.97 Å². The number of rotatable bonds is 7. The molecule has 7 nitrogen and oxygen atoms in total. The van der Waals surface area contributed by atoms with Gasteiger partial charge < -0.3 is 24.3 Å². The van der Waals surface area contributed by atoms with Gasteiger partial charge in [-0.05, 0) is 12.1 Å². The molecule has 2 aromatic rings. The van der Waals surface area contributed by atoms with Crippen LogP contribution in [0.2, 0.25) is 0 Å². The molecule has 0 atom stereocenters. The van der Waals surface area contributed by atoms with Gasteiger partial charge in [0.15, 0.2) is 11.5 Å². The number of carboxylic acid groups (broad SMARTS) is 1. The van der Waals surface area contributed by atoms with Crippen molar-refractivity contribution in [3.8, 4) is 11.5 Å². The van der Waals surface area contributed by atoms with Gasteiger partial charge in [-0.25, -0.2) is 0 Å². The molecule has 112 valence electrons. The molecule has 0 spiro atoms. The Morgan fingerprint density at radius 1 is 1.33 bits per heavy atom. The number of ether oxygens (including phenoxy) is 2. The Balaban J connectivity index is 2.06. The second-order valence-corrected chi connectivity index (χ2v) is 4.23. The highest BCUT2D eigenvalue weighted by molar-refractivity contribution is 5.67. The molecular weight excluding hydrogens is 276 g/mol. The summed E-state index contributed by atoms with van der Waals surface area (Å²) in [5, 5.41) is 11.6. The van der Waals surface area contributed by atoms with Crippen LogP contribution >= 0.6 is 0 Å². The van der Waals surface area contributed by atoms with E-state index in [-0.39, 0.29) is 6.42 Å². The maximum absolute atomic E-state index is 10.5. The average Bonchev–Trinajstić information content (AvgIpc) is 2.92. The van der Waals surface area contributed by atoms with E-state index in [0.717, 1.165) is 5.69 Å². The molecule has 2 rings (SSSR count). The summed E-state index contributed by atoms with van der Waals surface area (Å²) < 4.78 is 15.6. The van der Waals surface area contributed by atoms with Crippen molar-refractivity contribution in [3.05, 3.63) is 30.2 Å². The minimum absolute atomic E-state index is 0.0162. The predicted octanol–water partition coefficient (Wildman–Crippen LogP) is 2.45. The molecule has 0 aliphatic carbocycles. The Morgan fingerprint density at radius 3 is 2.76 bits per heavy atom. The zero-order valence-electron chi connectivity index (χ0n) is 11.8. The first-order valence-electron chi connectivity index (χ1n) is 6.27. The van der Waals surface area contributed by atoms with E-state index in [0.29, 0.717) is 29.6 Å². The smallest absolute Gasteiger partial charge is 0.303 e. The number of aryl methyl sites for hydroxylation is 1. The SMILES string of the molecule is COc1ccc(Nc2nc(CCC(=O)O)co2)cc1OC. The van der Waals surface area contributed by atoms with Crippen LogP contribution in [-0.4, -0.2) is 30.3 Å². The number of aromatic nitrogens is 1. The minimum atomic E-state index is -0.868. The summed E-state index contributed by atoms with van der Waals surface area (Å²) >= 11 is 0. The van der Waals surface area contributed by atoms with Crippen LogP contribution < -0.4 is 14.8 Å². The zero-order chi connectivity index (χ0) is 15.2. The average molecular weight is 292 g/mol. The molecule has 7 heteroatoms. The highest BCUT2D eigenvalue weighted by atomic mass is 16.5. The minimum Gasteiger partial charge on any atom is -0.493 e. The molecule has 1 heterocycles. The lowest BCUT2D eigenvalue weighted by atomic mass is 10.2. The van der Waals surface area contributed by atoms with Gasteiger partial charge in [0.2, 0.25) is 0 Å².